The van der Waals surface area contributed by atoms with Gasteiger partial charge in [-0.3, -0.25) is 4.79 Å². The standard InChI is InChI=1S/C8H10F3N5O2/c1-18-6(17)3-13-4-2-5(16-12)15-7(14-4)8(9,10)11/h2H,3,12H2,1H3,(H2,13,14,15,16). The van der Waals surface area contributed by atoms with E-state index in [-0.39, 0.29) is 18.2 Å². The maximum absolute atomic E-state index is 12.4. The Morgan fingerprint density at radius 3 is 2.56 bits per heavy atom. The maximum Gasteiger partial charge on any atom is 0.451 e. The monoisotopic (exact) mass is 265 g/mol. The highest BCUT2D eigenvalue weighted by atomic mass is 19.4. The van der Waals surface area contributed by atoms with Crippen LogP contribution in [0.15, 0.2) is 6.07 Å². The molecule has 0 saturated heterocycles. The van der Waals surface area contributed by atoms with Gasteiger partial charge in [0.1, 0.15) is 18.2 Å². The van der Waals surface area contributed by atoms with Crippen LogP contribution in [0.1, 0.15) is 5.82 Å². The van der Waals surface area contributed by atoms with Crippen molar-refractivity contribution in [2.24, 2.45) is 5.84 Å². The van der Waals surface area contributed by atoms with E-state index in [1.807, 2.05) is 5.43 Å². The number of halogens is 3. The lowest BCUT2D eigenvalue weighted by Gasteiger charge is -2.10. The van der Waals surface area contributed by atoms with Crippen LogP contribution in [0.25, 0.3) is 0 Å². The van der Waals surface area contributed by atoms with Crippen LogP contribution in [0.4, 0.5) is 24.8 Å². The van der Waals surface area contributed by atoms with Crippen molar-refractivity contribution in [3.63, 3.8) is 0 Å². The van der Waals surface area contributed by atoms with Crippen LogP contribution < -0.4 is 16.6 Å². The number of carbonyl (C=O) groups excluding carboxylic acids is 1. The first-order valence-electron chi connectivity index (χ1n) is 4.60. The summed E-state index contributed by atoms with van der Waals surface area (Å²) in [7, 11) is 1.15. The molecule has 0 radical (unpaired) electrons. The molecule has 1 rings (SSSR count). The molecule has 0 bridgehead atoms. The lowest BCUT2D eigenvalue weighted by atomic mass is 10.4. The number of hydrogen-bond acceptors (Lipinski definition) is 7. The Morgan fingerprint density at radius 2 is 2.06 bits per heavy atom. The van der Waals surface area contributed by atoms with E-state index in [0.717, 1.165) is 13.2 Å². The normalized spacial score (nSPS) is 10.9. The first-order chi connectivity index (χ1) is 8.36. The highest BCUT2D eigenvalue weighted by Gasteiger charge is 2.35. The second kappa shape index (κ2) is 5.49. The lowest BCUT2D eigenvalue weighted by molar-refractivity contribution is -0.144. The van der Waals surface area contributed by atoms with Crippen LogP contribution in [0.2, 0.25) is 0 Å². The fourth-order valence-corrected chi connectivity index (χ4v) is 0.973. The fraction of sp³-hybridized carbons (Fsp3) is 0.375. The molecular weight excluding hydrogens is 255 g/mol. The number of nitrogen functional groups attached to an aromatic ring is 1. The molecule has 0 aromatic carbocycles. The van der Waals surface area contributed by atoms with E-state index in [4.69, 9.17) is 5.84 Å². The zero-order valence-electron chi connectivity index (χ0n) is 9.21. The highest BCUT2D eigenvalue weighted by Crippen LogP contribution is 2.28. The number of methoxy groups -OCH3 is 1. The van der Waals surface area contributed by atoms with Crippen LogP contribution in [-0.4, -0.2) is 29.6 Å². The molecule has 0 aliphatic rings. The first kappa shape index (κ1) is 14.0. The van der Waals surface area contributed by atoms with Crippen molar-refractivity contribution in [2.75, 3.05) is 24.4 Å². The quantitative estimate of drug-likeness (QED) is 0.410. The molecule has 7 nitrogen and oxygen atoms in total. The van der Waals surface area contributed by atoms with Gasteiger partial charge in [0.2, 0.25) is 5.82 Å². The largest absolute Gasteiger partial charge is 0.468 e. The Balaban J connectivity index is 2.94. The van der Waals surface area contributed by atoms with Crippen molar-refractivity contribution in [1.82, 2.24) is 9.97 Å². The molecule has 1 aromatic rings. The van der Waals surface area contributed by atoms with Crippen LogP contribution in [0, 0.1) is 0 Å². The van der Waals surface area contributed by atoms with Gasteiger partial charge in [-0.15, -0.1) is 0 Å². The summed E-state index contributed by atoms with van der Waals surface area (Å²) in [5.41, 5.74) is 1.97. The smallest absolute Gasteiger partial charge is 0.451 e. The number of rotatable bonds is 4. The third-order valence-corrected chi connectivity index (χ3v) is 1.77. The number of hydrazine groups is 1. The molecule has 0 unspecified atom stereocenters. The summed E-state index contributed by atoms with van der Waals surface area (Å²) in [5.74, 6) is 2.54. The maximum atomic E-state index is 12.4. The topological polar surface area (TPSA) is 102 Å². The molecule has 0 amide bonds. The van der Waals surface area contributed by atoms with Gasteiger partial charge in [-0.1, -0.05) is 0 Å². The molecule has 18 heavy (non-hydrogen) atoms. The number of carbonyl (C=O) groups is 1. The van der Waals surface area contributed by atoms with E-state index in [1.165, 1.54) is 0 Å². The fourth-order valence-electron chi connectivity index (χ4n) is 0.973. The van der Waals surface area contributed by atoms with Crippen molar-refractivity contribution in [3.05, 3.63) is 11.9 Å². The molecule has 4 N–H and O–H groups in total. The number of nitrogens with one attached hydrogen (secondary N) is 2. The predicted molar refractivity (Wildman–Crippen MR) is 55.3 cm³/mol. The summed E-state index contributed by atoms with van der Waals surface area (Å²) in [5, 5.41) is 2.36. The van der Waals surface area contributed by atoms with Gasteiger partial charge in [-0.25, -0.2) is 15.8 Å². The minimum Gasteiger partial charge on any atom is -0.468 e. The van der Waals surface area contributed by atoms with Gasteiger partial charge in [-0.2, -0.15) is 13.2 Å². The molecule has 0 aliphatic heterocycles. The number of esters is 1. The minimum atomic E-state index is -4.71. The number of aromatic nitrogens is 2. The molecule has 10 heteroatoms. The van der Waals surface area contributed by atoms with Crippen LogP contribution in [0.3, 0.4) is 0 Å². The van der Waals surface area contributed by atoms with Gasteiger partial charge in [0, 0.05) is 6.07 Å². The number of nitrogens with two attached hydrogens (primary N) is 1. The summed E-state index contributed by atoms with van der Waals surface area (Å²) in [6, 6.07) is 1.12. The van der Waals surface area contributed by atoms with Gasteiger partial charge in [0.15, 0.2) is 0 Å². The summed E-state index contributed by atoms with van der Waals surface area (Å²) in [6.07, 6.45) is -4.71. The van der Waals surface area contributed by atoms with Crippen molar-refractivity contribution >= 4 is 17.6 Å². The summed E-state index contributed by atoms with van der Waals surface area (Å²) < 4.78 is 41.6. The van der Waals surface area contributed by atoms with Gasteiger partial charge < -0.3 is 15.5 Å². The lowest BCUT2D eigenvalue weighted by Crippen LogP contribution is -2.20. The number of nitrogens with zero attached hydrogens (tertiary/aromatic N) is 2. The van der Waals surface area contributed by atoms with Crippen LogP contribution in [-0.2, 0) is 15.7 Å². The number of hydrogen-bond donors (Lipinski definition) is 3. The second-order valence-electron chi connectivity index (χ2n) is 3.03. The van der Waals surface area contributed by atoms with Crippen molar-refractivity contribution < 1.29 is 22.7 Å². The molecule has 0 spiro atoms. The van der Waals surface area contributed by atoms with Crippen LogP contribution >= 0.6 is 0 Å². The van der Waals surface area contributed by atoms with Gasteiger partial charge in [0.25, 0.3) is 0 Å². The number of alkyl halides is 3. The van der Waals surface area contributed by atoms with E-state index in [2.05, 4.69) is 20.0 Å². The highest BCUT2D eigenvalue weighted by molar-refractivity contribution is 5.74. The van der Waals surface area contributed by atoms with E-state index in [0.29, 0.717) is 0 Å². The van der Waals surface area contributed by atoms with E-state index < -0.39 is 18.0 Å². The Labute approximate surface area is 99.5 Å². The molecule has 0 atom stereocenters. The summed E-state index contributed by atoms with van der Waals surface area (Å²) in [6.45, 7) is -0.325. The van der Waals surface area contributed by atoms with Crippen molar-refractivity contribution in [2.45, 2.75) is 6.18 Å². The van der Waals surface area contributed by atoms with Crippen molar-refractivity contribution in [3.8, 4) is 0 Å². The number of anilines is 2. The van der Waals surface area contributed by atoms with Gasteiger partial charge >= 0.3 is 12.1 Å². The summed E-state index contributed by atoms with van der Waals surface area (Å²) >= 11 is 0. The van der Waals surface area contributed by atoms with Crippen LogP contribution in [0.5, 0.6) is 0 Å². The van der Waals surface area contributed by atoms with E-state index in [9.17, 15) is 18.0 Å². The first-order valence-corrected chi connectivity index (χ1v) is 4.60. The van der Waals surface area contributed by atoms with Crippen molar-refractivity contribution in [1.29, 1.82) is 0 Å². The average Bonchev–Trinajstić information content (AvgIpc) is 2.34. The molecular formula is C8H10F3N5O2. The Morgan fingerprint density at radius 1 is 1.44 bits per heavy atom. The average molecular weight is 265 g/mol. The van der Waals surface area contributed by atoms with Gasteiger partial charge in [-0.05, 0) is 0 Å². The zero-order valence-corrected chi connectivity index (χ0v) is 9.21. The number of ether oxygens (including phenoxy) is 1. The Hall–Kier alpha value is -2.10. The van der Waals surface area contributed by atoms with E-state index >= 15 is 0 Å². The third-order valence-electron chi connectivity index (χ3n) is 1.77. The minimum absolute atomic E-state index is 0.198. The second-order valence-corrected chi connectivity index (χ2v) is 3.03. The molecule has 0 fully saturated rings. The molecule has 100 valence electrons. The molecule has 0 saturated carbocycles. The summed E-state index contributed by atoms with van der Waals surface area (Å²) in [4.78, 5) is 17.2. The van der Waals surface area contributed by atoms with Gasteiger partial charge in [0.05, 0.1) is 7.11 Å². The Kier molecular flexibility index (Phi) is 4.26. The molecule has 1 aromatic heterocycles. The Bertz CT molecular complexity index is 437. The zero-order chi connectivity index (χ0) is 13.8. The predicted octanol–water partition coefficient (Wildman–Crippen LogP) is 0.366. The molecule has 0 aliphatic carbocycles. The third kappa shape index (κ3) is 3.73. The molecule has 1 heterocycles. The SMILES string of the molecule is COC(=O)CNc1cc(NN)nc(C(F)(F)F)n1. The van der Waals surface area contributed by atoms with E-state index in [1.54, 1.807) is 0 Å².